The summed E-state index contributed by atoms with van der Waals surface area (Å²) in [6.45, 7) is 23.6. The molecule has 164 valence electrons. The van der Waals surface area contributed by atoms with Crippen LogP contribution in [0.25, 0.3) is 0 Å². The molecule has 2 aromatic carbocycles. The lowest BCUT2D eigenvalue weighted by Gasteiger charge is -2.14. The Morgan fingerprint density at radius 1 is 0.500 bits per heavy atom. The fourth-order valence-corrected chi connectivity index (χ4v) is 5.83. The van der Waals surface area contributed by atoms with Crippen LogP contribution in [-0.4, -0.2) is 0 Å². The lowest BCUT2D eigenvalue weighted by Crippen LogP contribution is -2.20. The first kappa shape index (κ1) is 25.2. The van der Waals surface area contributed by atoms with Gasteiger partial charge in [-0.15, -0.1) is 39.5 Å². The molecule has 0 unspecified atom stereocenters. The highest BCUT2D eigenvalue weighted by Gasteiger charge is 2.32. The molecule has 0 atom stereocenters. The standard InChI is InChI=1S/C30H34OP/c1-7-13-23-19-21-29(27(17-11-5)25(23)15-9-3)32(31)30-22-20-24(14-8-2)26(16-10-4)28(30)18-12-6/h7-12,19-22H,1-6,13-18H2/q+1. The Hall–Kier alpha value is -3.02. The van der Waals surface area contributed by atoms with Gasteiger partial charge in [-0.05, 0) is 72.9 Å². The second-order valence-corrected chi connectivity index (χ2v) is 9.21. The highest BCUT2D eigenvalue weighted by molar-refractivity contribution is 7.61. The van der Waals surface area contributed by atoms with E-state index in [0.717, 1.165) is 47.4 Å². The predicted octanol–water partition coefficient (Wildman–Crippen LogP) is 6.84. The maximum absolute atomic E-state index is 14.1. The molecule has 1 nitrogen and oxygen atoms in total. The highest BCUT2D eigenvalue weighted by atomic mass is 31.1. The van der Waals surface area contributed by atoms with Gasteiger partial charge in [-0.1, -0.05) is 53.2 Å². The van der Waals surface area contributed by atoms with E-state index < -0.39 is 7.80 Å². The second-order valence-electron chi connectivity index (χ2n) is 7.65. The van der Waals surface area contributed by atoms with Gasteiger partial charge in [-0.3, -0.25) is 0 Å². The zero-order chi connectivity index (χ0) is 23.5. The minimum atomic E-state index is -1.80. The molecule has 32 heavy (non-hydrogen) atoms. The van der Waals surface area contributed by atoms with Crippen molar-refractivity contribution in [3.05, 3.63) is 134 Å². The van der Waals surface area contributed by atoms with Crippen molar-refractivity contribution in [3.8, 4) is 0 Å². The van der Waals surface area contributed by atoms with Crippen LogP contribution in [0, 0.1) is 0 Å². The summed E-state index contributed by atoms with van der Waals surface area (Å²) >= 11 is 0. The molecule has 0 bridgehead atoms. The molecule has 0 fully saturated rings. The van der Waals surface area contributed by atoms with Gasteiger partial charge in [0.25, 0.3) is 0 Å². The molecular weight excluding hydrogens is 407 g/mol. The van der Waals surface area contributed by atoms with E-state index in [1.165, 1.54) is 22.3 Å². The Kier molecular flexibility index (Phi) is 10.1. The SMILES string of the molecule is C=CCc1ccc([P+](=O)c2ccc(CC=C)c(CC=C)c2CC=C)c(CC=C)c1CC=C. The number of hydrogen-bond donors (Lipinski definition) is 0. The molecule has 0 radical (unpaired) electrons. The van der Waals surface area contributed by atoms with Crippen LogP contribution in [0.4, 0.5) is 0 Å². The topological polar surface area (TPSA) is 17.1 Å². The molecule has 0 spiro atoms. The van der Waals surface area contributed by atoms with Crippen LogP contribution in [0.1, 0.15) is 33.4 Å². The quantitative estimate of drug-likeness (QED) is 0.232. The summed E-state index contributed by atoms with van der Waals surface area (Å²) < 4.78 is 14.1. The first-order valence-electron chi connectivity index (χ1n) is 11.0. The molecule has 0 N–H and O–H groups in total. The Bertz CT molecular complexity index is 971. The number of allylic oxidation sites excluding steroid dienone is 6. The minimum absolute atomic E-state index is 0.662. The van der Waals surface area contributed by atoms with Crippen LogP contribution in [0.2, 0.25) is 0 Å². The molecule has 0 aromatic heterocycles. The van der Waals surface area contributed by atoms with Crippen LogP contribution in [0.3, 0.4) is 0 Å². The van der Waals surface area contributed by atoms with Gasteiger partial charge in [0.1, 0.15) is 0 Å². The van der Waals surface area contributed by atoms with Gasteiger partial charge in [-0.2, -0.15) is 0 Å². The van der Waals surface area contributed by atoms with Gasteiger partial charge in [0.15, 0.2) is 10.6 Å². The molecule has 2 heteroatoms. The van der Waals surface area contributed by atoms with Gasteiger partial charge in [-0.25, -0.2) is 0 Å². The predicted molar refractivity (Wildman–Crippen MR) is 143 cm³/mol. The highest BCUT2D eigenvalue weighted by Crippen LogP contribution is 2.31. The van der Waals surface area contributed by atoms with Crippen LogP contribution < -0.4 is 10.6 Å². The van der Waals surface area contributed by atoms with E-state index in [1.807, 2.05) is 48.6 Å². The summed E-state index contributed by atoms with van der Waals surface area (Å²) in [6, 6.07) is 8.20. The van der Waals surface area contributed by atoms with E-state index in [0.29, 0.717) is 12.8 Å². The summed E-state index contributed by atoms with van der Waals surface area (Å²) in [5.74, 6) is 0. The average Bonchev–Trinajstić information content (AvgIpc) is 2.78. The maximum Gasteiger partial charge on any atom is 0.415 e. The first-order valence-corrected chi connectivity index (χ1v) is 12.2. The third kappa shape index (κ3) is 5.61. The molecule has 2 rings (SSSR count). The van der Waals surface area contributed by atoms with E-state index in [4.69, 9.17) is 0 Å². The minimum Gasteiger partial charge on any atom is -0.103 e. The Balaban J connectivity index is 2.77. The Morgan fingerprint density at radius 2 is 0.812 bits per heavy atom. The van der Waals surface area contributed by atoms with E-state index in [9.17, 15) is 4.57 Å². The van der Waals surface area contributed by atoms with Crippen molar-refractivity contribution in [2.24, 2.45) is 0 Å². The number of hydrogen-bond acceptors (Lipinski definition) is 1. The van der Waals surface area contributed by atoms with Gasteiger partial charge >= 0.3 is 7.80 Å². The van der Waals surface area contributed by atoms with E-state index >= 15 is 0 Å². The van der Waals surface area contributed by atoms with E-state index in [2.05, 4.69) is 51.6 Å². The third-order valence-corrected chi connectivity index (χ3v) is 7.28. The smallest absolute Gasteiger partial charge is 0.103 e. The van der Waals surface area contributed by atoms with Crippen molar-refractivity contribution in [2.45, 2.75) is 38.5 Å². The van der Waals surface area contributed by atoms with Crippen molar-refractivity contribution in [1.82, 2.24) is 0 Å². The molecule has 0 amide bonds. The fourth-order valence-electron chi connectivity index (χ4n) is 4.20. The lowest BCUT2D eigenvalue weighted by molar-refractivity contribution is 0.598. The van der Waals surface area contributed by atoms with Crippen molar-refractivity contribution >= 4 is 18.4 Å². The second kappa shape index (κ2) is 12.7. The fraction of sp³-hybridized carbons (Fsp3) is 0.200. The Morgan fingerprint density at radius 3 is 1.12 bits per heavy atom. The van der Waals surface area contributed by atoms with Gasteiger partial charge in [0.2, 0.25) is 0 Å². The number of benzene rings is 2. The Labute approximate surface area is 195 Å². The largest absolute Gasteiger partial charge is 0.415 e. The molecule has 0 saturated carbocycles. The summed E-state index contributed by atoms with van der Waals surface area (Å²) in [5.41, 5.74) is 6.93. The molecule has 0 aliphatic rings. The van der Waals surface area contributed by atoms with Gasteiger partial charge in [0.05, 0.1) is 0 Å². The summed E-state index contributed by atoms with van der Waals surface area (Å²) in [4.78, 5) is 0. The average molecular weight is 442 g/mol. The van der Waals surface area contributed by atoms with Crippen LogP contribution in [-0.2, 0) is 43.1 Å². The van der Waals surface area contributed by atoms with Crippen molar-refractivity contribution in [3.63, 3.8) is 0 Å². The van der Waals surface area contributed by atoms with Crippen LogP contribution in [0.5, 0.6) is 0 Å². The van der Waals surface area contributed by atoms with Gasteiger partial charge in [0, 0.05) is 11.1 Å². The summed E-state index contributed by atoms with van der Waals surface area (Å²) in [7, 11) is -1.80. The summed E-state index contributed by atoms with van der Waals surface area (Å²) in [5, 5.41) is 1.74. The normalized spacial score (nSPS) is 10.2. The monoisotopic (exact) mass is 441 g/mol. The zero-order valence-electron chi connectivity index (χ0n) is 19.1. The van der Waals surface area contributed by atoms with E-state index in [-0.39, 0.29) is 0 Å². The lowest BCUT2D eigenvalue weighted by atomic mass is 9.94. The molecule has 0 aliphatic carbocycles. The van der Waals surface area contributed by atoms with Crippen LogP contribution >= 0.6 is 7.80 Å². The molecule has 2 aromatic rings. The van der Waals surface area contributed by atoms with E-state index in [1.54, 1.807) is 0 Å². The molecule has 0 heterocycles. The zero-order valence-corrected chi connectivity index (χ0v) is 20.0. The molecular formula is C30H34OP+. The summed E-state index contributed by atoms with van der Waals surface area (Å²) in [6.07, 6.45) is 15.7. The third-order valence-electron chi connectivity index (χ3n) is 5.57. The van der Waals surface area contributed by atoms with Gasteiger partial charge < -0.3 is 0 Å². The van der Waals surface area contributed by atoms with Crippen molar-refractivity contribution < 1.29 is 4.57 Å². The molecule has 0 saturated heterocycles. The first-order chi connectivity index (χ1) is 15.6. The maximum atomic E-state index is 14.1. The molecule has 0 aliphatic heterocycles. The van der Waals surface area contributed by atoms with Crippen LogP contribution in [0.15, 0.2) is 100 Å². The van der Waals surface area contributed by atoms with Crippen molar-refractivity contribution in [2.75, 3.05) is 0 Å². The van der Waals surface area contributed by atoms with Crippen molar-refractivity contribution in [1.29, 1.82) is 0 Å². The number of rotatable bonds is 14.